The number of halogens is 1. The topological polar surface area (TPSA) is 60.6 Å². The van der Waals surface area contributed by atoms with Gasteiger partial charge in [-0.25, -0.2) is 0 Å². The van der Waals surface area contributed by atoms with Gasteiger partial charge in [0.15, 0.2) is 5.82 Å². The van der Waals surface area contributed by atoms with Gasteiger partial charge in [0.05, 0.1) is 19.3 Å². The van der Waals surface area contributed by atoms with Gasteiger partial charge in [0.25, 0.3) is 5.89 Å². The molecule has 2 aromatic rings. The summed E-state index contributed by atoms with van der Waals surface area (Å²) in [5.41, 5.74) is 1.13. The maximum absolute atomic E-state index is 5.93. The van der Waals surface area contributed by atoms with Crippen molar-refractivity contribution in [2.45, 2.75) is 19.3 Å². The van der Waals surface area contributed by atoms with Crippen LogP contribution in [0.2, 0.25) is 5.02 Å². The summed E-state index contributed by atoms with van der Waals surface area (Å²) in [6.45, 7) is 3.29. The van der Waals surface area contributed by atoms with Crippen molar-refractivity contribution in [2.75, 3.05) is 26.8 Å². The van der Waals surface area contributed by atoms with Crippen LogP contribution < -0.4 is 0 Å². The third-order valence-electron chi connectivity index (χ3n) is 3.54. The first kappa shape index (κ1) is 15.4. The molecule has 1 aromatic carbocycles. The monoisotopic (exact) mass is 323 g/mol. The Kier molecular flexibility index (Phi) is 5.04. The summed E-state index contributed by atoms with van der Waals surface area (Å²) in [5.74, 6) is 1.17. The minimum atomic E-state index is 0.0383. The second-order valence-corrected chi connectivity index (χ2v) is 5.62. The van der Waals surface area contributed by atoms with Crippen LogP contribution in [-0.4, -0.2) is 41.8 Å². The molecule has 0 bridgehead atoms. The summed E-state index contributed by atoms with van der Waals surface area (Å²) in [7, 11) is 1.60. The molecule has 0 unspecified atom stereocenters. The first-order chi connectivity index (χ1) is 10.7. The Bertz CT molecular complexity index is 602. The van der Waals surface area contributed by atoms with Crippen LogP contribution in [0.3, 0.4) is 0 Å². The van der Waals surface area contributed by atoms with E-state index in [1.807, 2.05) is 24.3 Å². The fourth-order valence-corrected chi connectivity index (χ4v) is 2.59. The van der Waals surface area contributed by atoms with Crippen LogP contribution in [0.4, 0.5) is 0 Å². The quantitative estimate of drug-likeness (QED) is 0.842. The van der Waals surface area contributed by atoms with Crippen LogP contribution in [0.15, 0.2) is 28.8 Å². The van der Waals surface area contributed by atoms with E-state index < -0.39 is 0 Å². The predicted octanol–water partition coefficient (Wildman–Crippen LogP) is 2.44. The van der Waals surface area contributed by atoms with Gasteiger partial charge in [-0.3, -0.25) is 4.90 Å². The van der Waals surface area contributed by atoms with Crippen molar-refractivity contribution >= 4 is 11.6 Å². The Balaban J connectivity index is 1.61. The standard InChI is InChI=1S/C15H18ClN3O3/c1-20-10-15-17-14(18-22-15)9-19-6-7-21-13(8-19)11-2-4-12(16)5-3-11/h2-5,13H,6-10H2,1H3/t13-/m1/s1. The van der Waals surface area contributed by atoms with Gasteiger partial charge < -0.3 is 14.0 Å². The molecule has 1 aliphatic heterocycles. The molecule has 0 aliphatic carbocycles. The molecule has 2 heterocycles. The third kappa shape index (κ3) is 3.84. The van der Waals surface area contributed by atoms with Crippen molar-refractivity contribution in [3.05, 3.63) is 46.6 Å². The number of methoxy groups -OCH3 is 1. The molecule has 6 nitrogen and oxygen atoms in total. The molecular weight excluding hydrogens is 306 g/mol. The van der Waals surface area contributed by atoms with Gasteiger partial charge in [-0.15, -0.1) is 0 Å². The number of hydrogen-bond acceptors (Lipinski definition) is 6. The lowest BCUT2D eigenvalue weighted by Gasteiger charge is -2.32. The number of aromatic nitrogens is 2. The van der Waals surface area contributed by atoms with Crippen LogP contribution in [0.25, 0.3) is 0 Å². The molecule has 1 fully saturated rings. The number of morpholine rings is 1. The lowest BCUT2D eigenvalue weighted by Crippen LogP contribution is -2.38. The Labute approximate surface area is 134 Å². The number of nitrogens with zero attached hydrogens (tertiary/aromatic N) is 3. The molecule has 22 heavy (non-hydrogen) atoms. The second kappa shape index (κ2) is 7.19. The molecule has 0 spiro atoms. The van der Waals surface area contributed by atoms with Gasteiger partial charge in [0, 0.05) is 25.2 Å². The molecule has 0 amide bonds. The minimum Gasteiger partial charge on any atom is -0.375 e. The SMILES string of the molecule is COCc1nc(CN2CCO[C@@H](c3ccc(Cl)cc3)C2)no1. The summed E-state index contributed by atoms with van der Waals surface area (Å²) in [5, 5.41) is 4.70. The Morgan fingerprint density at radius 3 is 2.95 bits per heavy atom. The Morgan fingerprint density at radius 2 is 2.18 bits per heavy atom. The van der Waals surface area contributed by atoms with E-state index in [1.165, 1.54) is 0 Å². The smallest absolute Gasteiger partial charge is 0.252 e. The van der Waals surface area contributed by atoms with E-state index in [-0.39, 0.29) is 6.10 Å². The van der Waals surface area contributed by atoms with E-state index in [0.29, 0.717) is 31.5 Å². The zero-order valence-corrected chi connectivity index (χ0v) is 13.1. The molecule has 0 radical (unpaired) electrons. The van der Waals surface area contributed by atoms with Gasteiger partial charge in [-0.1, -0.05) is 28.9 Å². The minimum absolute atomic E-state index is 0.0383. The molecule has 118 valence electrons. The van der Waals surface area contributed by atoms with Crippen molar-refractivity contribution < 1.29 is 14.0 Å². The van der Waals surface area contributed by atoms with Gasteiger partial charge in [-0.05, 0) is 17.7 Å². The first-order valence-electron chi connectivity index (χ1n) is 7.14. The molecule has 1 atom stereocenters. The van der Waals surface area contributed by atoms with Crippen LogP contribution >= 0.6 is 11.6 Å². The zero-order valence-electron chi connectivity index (χ0n) is 12.4. The Morgan fingerprint density at radius 1 is 1.36 bits per heavy atom. The van der Waals surface area contributed by atoms with Gasteiger partial charge in [0.1, 0.15) is 6.61 Å². The van der Waals surface area contributed by atoms with E-state index >= 15 is 0 Å². The maximum atomic E-state index is 5.93. The molecule has 7 heteroatoms. The molecule has 1 aliphatic rings. The van der Waals surface area contributed by atoms with Crippen molar-refractivity contribution in [2.24, 2.45) is 0 Å². The van der Waals surface area contributed by atoms with Crippen LogP contribution in [0.1, 0.15) is 23.4 Å². The average Bonchev–Trinajstić information content (AvgIpc) is 2.96. The summed E-state index contributed by atoms with van der Waals surface area (Å²) in [6, 6.07) is 7.77. The zero-order chi connectivity index (χ0) is 15.4. The normalized spacial score (nSPS) is 19.5. The van der Waals surface area contributed by atoms with E-state index in [1.54, 1.807) is 7.11 Å². The third-order valence-corrected chi connectivity index (χ3v) is 3.79. The lowest BCUT2D eigenvalue weighted by molar-refractivity contribution is -0.0338. The largest absolute Gasteiger partial charge is 0.375 e. The highest BCUT2D eigenvalue weighted by molar-refractivity contribution is 6.30. The van der Waals surface area contributed by atoms with Crippen LogP contribution in [0, 0.1) is 0 Å². The lowest BCUT2D eigenvalue weighted by atomic mass is 10.1. The molecule has 1 aromatic heterocycles. The average molecular weight is 324 g/mol. The predicted molar refractivity (Wildman–Crippen MR) is 80.4 cm³/mol. The van der Waals surface area contributed by atoms with Crippen molar-refractivity contribution in [3.8, 4) is 0 Å². The summed E-state index contributed by atoms with van der Waals surface area (Å²) in [6.07, 6.45) is 0.0383. The molecule has 0 N–H and O–H groups in total. The van der Waals surface area contributed by atoms with Crippen LogP contribution in [-0.2, 0) is 22.6 Å². The van der Waals surface area contributed by atoms with Gasteiger partial charge in [0.2, 0.25) is 0 Å². The van der Waals surface area contributed by atoms with Crippen molar-refractivity contribution in [1.29, 1.82) is 0 Å². The van der Waals surface area contributed by atoms with E-state index in [9.17, 15) is 0 Å². The Hall–Kier alpha value is -1.47. The van der Waals surface area contributed by atoms with Crippen molar-refractivity contribution in [3.63, 3.8) is 0 Å². The highest BCUT2D eigenvalue weighted by Gasteiger charge is 2.23. The molecule has 3 rings (SSSR count). The van der Waals surface area contributed by atoms with Crippen molar-refractivity contribution in [1.82, 2.24) is 15.0 Å². The highest BCUT2D eigenvalue weighted by Crippen LogP contribution is 2.24. The second-order valence-electron chi connectivity index (χ2n) is 5.18. The van der Waals surface area contributed by atoms with Gasteiger partial charge >= 0.3 is 0 Å². The maximum Gasteiger partial charge on any atom is 0.252 e. The van der Waals surface area contributed by atoms with Gasteiger partial charge in [-0.2, -0.15) is 4.98 Å². The fourth-order valence-electron chi connectivity index (χ4n) is 2.46. The molecule has 1 saturated heterocycles. The summed E-state index contributed by atoms with van der Waals surface area (Å²) < 4.78 is 15.9. The van der Waals surface area contributed by atoms with E-state index in [2.05, 4.69) is 15.0 Å². The number of hydrogen-bond donors (Lipinski definition) is 0. The number of ether oxygens (including phenoxy) is 2. The number of rotatable bonds is 5. The first-order valence-corrected chi connectivity index (χ1v) is 7.52. The molecule has 0 saturated carbocycles. The summed E-state index contributed by atoms with van der Waals surface area (Å²) >= 11 is 5.93. The van der Waals surface area contributed by atoms with Crippen LogP contribution in [0.5, 0.6) is 0 Å². The molecular formula is C15H18ClN3O3. The summed E-state index contributed by atoms with van der Waals surface area (Å²) in [4.78, 5) is 6.55. The number of benzene rings is 1. The van der Waals surface area contributed by atoms with E-state index in [0.717, 1.165) is 23.7 Å². The van der Waals surface area contributed by atoms with E-state index in [4.69, 9.17) is 25.6 Å². The highest BCUT2D eigenvalue weighted by atomic mass is 35.5. The fraction of sp³-hybridized carbons (Fsp3) is 0.467.